The number of benzene rings is 2. The Morgan fingerprint density at radius 1 is 1.18 bits per heavy atom. The van der Waals surface area contributed by atoms with Crippen LogP contribution in [0.5, 0.6) is 11.5 Å². The molecule has 6 nitrogen and oxygen atoms in total. The molecule has 0 unspecified atom stereocenters. The van der Waals surface area contributed by atoms with Crippen LogP contribution in [0.1, 0.15) is 23.0 Å². The lowest BCUT2D eigenvalue weighted by Crippen LogP contribution is -2.26. The lowest BCUT2D eigenvalue weighted by Gasteiger charge is -2.16. The Balaban J connectivity index is 1.88. The third kappa shape index (κ3) is 5.57. The van der Waals surface area contributed by atoms with Crippen LogP contribution in [0, 0.1) is 11.8 Å². The van der Waals surface area contributed by atoms with E-state index in [-0.39, 0.29) is 18.2 Å². The first-order valence-electron chi connectivity index (χ1n) is 10.6. The van der Waals surface area contributed by atoms with Crippen LogP contribution < -0.4 is 14.8 Å². The molecule has 0 atom stereocenters. The quantitative estimate of drug-likeness (QED) is 0.502. The minimum atomic E-state index is -4.40. The van der Waals surface area contributed by atoms with E-state index in [1.807, 2.05) is 6.92 Å². The molecular formula is C25H26F3N3O3. The van der Waals surface area contributed by atoms with E-state index in [1.165, 1.54) is 7.11 Å². The Labute approximate surface area is 196 Å². The van der Waals surface area contributed by atoms with Gasteiger partial charge in [0.05, 0.1) is 18.3 Å². The molecule has 0 aliphatic carbocycles. The predicted molar refractivity (Wildman–Crippen MR) is 126 cm³/mol. The van der Waals surface area contributed by atoms with E-state index >= 15 is 0 Å². The second-order valence-corrected chi connectivity index (χ2v) is 7.49. The van der Waals surface area contributed by atoms with Crippen molar-refractivity contribution in [3.05, 3.63) is 53.7 Å². The summed E-state index contributed by atoms with van der Waals surface area (Å²) in [4.78, 5) is 14.0. The summed E-state index contributed by atoms with van der Waals surface area (Å²) in [5.41, 5.74) is 1.79. The van der Waals surface area contributed by atoms with Gasteiger partial charge in [-0.25, -0.2) is 0 Å². The summed E-state index contributed by atoms with van der Waals surface area (Å²) in [6.07, 6.45) is -4.40. The first kappa shape index (κ1) is 24.8. The number of aromatic nitrogens is 1. The fourth-order valence-corrected chi connectivity index (χ4v) is 3.48. The van der Waals surface area contributed by atoms with Gasteiger partial charge in [-0.05, 0) is 49.2 Å². The Morgan fingerprint density at radius 2 is 1.94 bits per heavy atom. The van der Waals surface area contributed by atoms with Gasteiger partial charge in [0.15, 0.2) is 11.5 Å². The molecule has 1 heterocycles. The van der Waals surface area contributed by atoms with Crippen LogP contribution in [0.25, 0.3) is 10.9 Å². The van der Waals surface area contributed by atoms with Gasteiger partial charge < -0.3 is 24.3 Å². The number of carbonyl (C=O) groups is 1. The molecule has 34 heavy (non-hydrogen) atoms. The number of fused-ring (bicyclic) bond motifs is 1. The van der Waals surface area contributed by atoms with Crippen molar-refractivity contribution >= 4 is 22.5 Å². The zero-order valence-electron chi connectivity index (χ0n) is 19.4. The van der Waals surface area contributed by atoms with Crippen LogP contribution in [0.3, 0.4) is 0 Å². The zero-order valence-corrected chi connectivity index (χ0v) is 19.4. The minimum Gasteiger partial charge on any atom is -0.493 e. The second kappa shape index (κ2) is 10.4. The number of rotatable bonds is 7. The van der Waals surface area contributed by atoms with E-state index in [2.05, 4.69) is 17.2 Å². The van der Waals surface area contributed by atoms with Crippen molar-refractivity contribution in [2.45, 2.75) is 19.6 Å². The lowest BCUT2D eigenvalue weighted by atomic mass is 10.1. The zero-order chi connectivity index (χ0) is 24.9. The number of anilines is 1. The number of nitrogens with one attached hydrogen (secondary N) is 1. The van der Waals surface area contributed by atoms with Gasteiger partial charge in [0, 0.05) is 37.3 Å². The molecular weight excluding hydrogens is 447 g/mol. The first-order chi connectivity index (χ1) is 16.2. The highest BCUT2D eigenvalue weighted by Gasteiger charge is 2.29. The number of halogens is 3. The maximum absolute atomic E-state index is 13.2. The van der Waals surface area contributed by atoms with E-state index < -0.39 is 12.7 Å². The number of alkyl halides is 3. The number of ether oxygens (including phenoxy) is 2. The topological polar surface area (TPSA) is 55.7 Å². The number of carbonyl (C=O) groups excluding carboxylic acids is 1. The van der Waals surface area contributed by atoms with Gasteiger partial charge >= 0.3 is 6.18 Å². The molecule has 0 radical (unpaired) electrons. The summed E-state index contributed by atoms with van der Waals surface area (Å²) in [5, 5.41) is 3.63. The molecule has 0 aliphatic rings. The van der Waals surface area contributed by atoms with E-state index in [9.17, 15) is 18.0 Å². The van der Waals surface area contributed by atoms with E-state index in [0.717, 1.165) is 4.57 Å². The molecule has 0 bridgehead atoms. The molecule has 1 N–H and O–H groups in total. The molecule has 180 valence electrons. The van der Waals surface area contributed by atoms with Crippen LogP contribution in [-0.4, -0.2) is 55.9 Å². The molecule has 0 saturated carbocycles. The fraction of sp³-hybridized carbons (Fsp3) is 0.320. The molecule has 9 heteroatoms. The molecule has 1 aromatic heterocycles. The highest BCUT2D eigenvalue weighted by Crippen LogP contribution is 2.30. The Hall–Kier alpha value is -3.80. The van der Waals surface area contributed by atoms with Crippen molar-refractivity contribution in [1.29, 1.82) is 0 Å². The maximum Gasteiger partial charge on any atom is 0.406 e. The highest BCUT2D eigenvalue weighted by molar-refractivity contribution is 5.95. The van der Waals surface area contributed by atoms with Crippen molar-refractivity contribution in [1.82, 2.24) is 9.47 Å². The van der Waals surface area contributed by atoms with Gasteiger partial charge in [0.1, 0.15) is 13.2 Å². The predicted octanol–water partition coefficient (Wildman–Crippen LogP) is 4.78. The molecule has 0 spiro atoms. The largest absolute Gasteiger partial charge is 0.493 e. The van der Waals surface area contributed by atoms with Crippen molar-refractivity contribution < 1.29 is 27.4 Å². The molecule has 0 aliphatic heterocycles. The minimum absolute atomic E-state index is 0.107. The number of hydrogen-bond acceptors (Lipinski definition) is 4. The fourth-order valence-electron chi connectivity index (χ4n) is 3.48. The summed E-state index contributed by atoms with van der Waals surface area (Å²) in [7, 11) is 4.88. The smallest absolute Gasteiger partial charge is 0.406 e. The Kier molecular flexibility index (Phi) is 7.61. The number of methoxy groups -OCH3 is 1. The van der Waals surface area contributed by atoms with Gasteiger partial charge in [-0.15, -0.1) is 0 Å². The van der Waals surface area contributed by atoms with Crippen molar-refractivity contribution in [2.75, 3.05) is 39.7 Å². The highest BCUT2D eigenvalue weighted by atomic mass is 19.4. The SMILES string of the molecule is CCN(C)C(=O)c1ccc(OC)c(OCC#Cc2cc3c(NC)cccc3n2CC(F)(F)F)c1. The Morgan fingerprint density at radius 3 is 2.59 bits per heavy atom. The van der Waals surface area contributed by atoms with Gasteiger partial charge in [0.25, 0.3) is 5.91 Å². The van der Waals surface area contributed by atoms with Gasteiger partial charge in [0.2, 0.25) is 0 Å². The third-order valence-electron chi connectivity index (χ3n) is 5.30. The summed E-state index contributed by atoms with van der Waals surface area (Å²) >= 11 is 0. The van der Waals surface area contributed by atoms with E-state index in [4.69, 9.17) is 9.47 Å². The van der Waals surface area contributed by atoms with Gasteiger partial charge in [-0.1, -0.05) is 12.0 Å². The van der Waals surface area contributed by atoms with Crippen LogP contribution >= 0.6 is 0 Å². The Bertz CT molecular complexity index is 1240. The molecule has 3 rings (SSSR count). The standard InChI is InChI=1S/C25H26F3N3O3/c1-5-30(3)24(32)17-11-12-22(33-4)23(14-17)34-13-7-8-18-15-19-20(29-2)9-6-10-21(19)31(18)16-25(26,27)28/h6,9-12,14-15,29H,5,13,16H2,1-4H3. The number of hydrogen-bond donors (Lipinski definition) is 1. The van der Waals surface area contributed by atoms with Crippen molar-refractivity contribution in [3.8, 4) is 23.3 Å². The van der Waals surface area contributed by atoms with Crippen molar-refractivity contribution in [3.63, 3.8) is 0 Å². The lowest BCUT2D eigenvalue weighted by molar-refractivity contribution is -0.140. The molecule has 3 aromatic rings. The molecule has 1 amide bonds. The van der Waals surface area contributed by atoms with Crippen LogP contribution in [0.15, 0.2) is 42.5 Å². The normalized spacial score (nSPS) is 11.0. The molecule has 0 fully saturated rings. The third-order valence-corrected chi connectivity index (χ3v) is 5.30. The monoisotopic (exact) mass is 473 g/mol. The summed E-state index contributed by atoms with van der Waals surface area (Å²) in [6.45, 7) is 1.15. The van der Waals surface area contributed by atoms with E-state index in [0.29, 0.717) is 40.2 Å². The summed E-state index contributed by atoms with van der Waals surface area (Å²) in [5.74, 6) is 6.14. The summed E-state index contributed by atoms with van der Waals surface area (Å²) < 4.78 is 51.8. The van der Waals surface area contributed by atoms with Crippen molar-refractivity contribution in [2.24, 2.45) is 0 Å². The number of nitrogens with zero attached hydrogens (tertiary/aromatic N) is 2. The average molecular weight is 473 g/mol. The first-order valence-corrected chi connectivity index (χ1v) is 10.6. The van der Waals surface area contributed by atoms with Crippen LogP contribution in [0.2, 0.25) is 0 Å². The summed E-state index contributed by atoms with van der Waals surface area (Å²) in [6, 6.07) is 11.6. The maximum atomic E-state index is 13.2. The van der Waals surface area contributed by atoms with Gasteiger partial charge in [-0.2, -0.15) is 13.2 Å². The average Bonchev–Trinajstić information content (AvgIpc) is 3.16. The van der Waals surface area contributed by atoms with Crippen LogP contribution in [0.4, 0.5) is 18.9 Å². The molecule has 0 saturated heterocycles. The van der Waals surface area contributed by atoms with Crippen LogP contribution in [-0.2, 0) is 6.54 Å². The molecule has 2 aromatic carbocycles. The van der Waals surface area contributed by atoms with E-state index in [1.54, 1.807) is 61.5 Å². The number of amides is 1. The van der Waals surface area contributed by atoms with Gasteiger partial charge in [-0.3, -0.25) is 4.79 Å². The second-order valence-electron chi connectivity index (χ2n) is 7.49.